The summed E-state index contributed by atoms with van der Waals surface area (Å²) in [5.41, 5.74) is 1.42. The first-order chi connectivity index (χ1) is 9.32. The number of aryl methyl sites for hydroxylation is 2. The number of halogens is 1. The Bertz CT molecular complexity index is 764. The molecule has 0 aliphatic rings. The zero-order chi connectivity index (χ0) is 15.0. The van der Waals surface area contributed by atoms with Crippen molar-refractivity contribution in [3.8, 4) is 11.4 Å². The number of carbonyl (C=O) groups is 1. The molecular weight excluding hydrogens is 326 g/mol. The van der Waals surface area contributed by atoms with Crippen molar-refractivity contribution in [1.29, 1.82) is 0 Å². The molecule has 20 heavy (non-hydrogen) atoms. The summed E-state index contributed by atoms with van der Waals surface area (Å²) in [5, 5.41) is 18.7. The third kappa shape index (κ3) is 2.34. The van der Waals surface area contributed by atoms with Gasteiger partial charge in [-0.15, -0.1) is 0 Å². The predicted molar refractivity (Wildman–Crippen MR) is 77.8 cm³/mol. The molecule has 0 unspecified atom stereocenters. The molecule has 0 bridgehead atoms. The van der Waals surface area contributed by atoms with Crippen LogP contribution in [-0.2, 0) is 0 Å². The number of benzene rings is 1. The number of rotatable bonds is 2. The fraction of sp³-hybridized carbons (Fsp3) is 0.143. The van der Waals surface area contributed by atoms with Gasteiger partial charge in [-0.1, -0.05) is 6.07 Å². The summed E-state index contributed by atoms with van der Waals surface area (Å²) in [7, 11) is 0. The average molecular weight is 338 g/mol. The number of aromatic hydroxyl groups is 1. The van der Waals surface area contributed by atoms with Crippen LogP contribution in [0.25, 0.3) is 5.69 Å². The summed E-state index contributed by atoms with van der Waals surface area (Å²) in [6.07, 6.45) is 0. The molecule has 1 heterocycles. The van der Waals surface area contributed by atoms with Crippen molar-refractivity contribution in [2.24, 2.45) is 0 Å². The van der Waals surface area contributed by atoms with Crippen LogP contribution in [0.2, 0.25) is 0 Å². The maximum Gasteiger partial charge on any atom is 0.335 e. The highest BCUT2D eigenvalue weighted by Gasteiger charge is 2.14. The SMILES string of the molecule is Cc1ccc(C(=O)O)cc1-n1c(C)cc(O)c(Br)c1=O. The molecule has 104 valence electrons. The molecule has 6 heteroatoms. The molecular formula is C14H12BrNO4. The van der Waals surface area contributed by atoms with E-state index >= 15 is 0 Å². The number of aromatic nitrogens is 1. The largest absolute Gasteiger partial charge is 0.506 e. The molecule has 5 nitrogen and oxygen atoms in total. The van der Waals surface area contributed by atoms with E-state index in [-0.39, 0.29) is 15.8 Å². The quantitative estimate of drug-likeness (QED) is 0.882. The summed E-state index contributed by atoms with van der Waals surface area (Å²) >= 11 is 3.03. The minimum atomic E-state index is -1.06. The zero-order valence-electron chi connectivity index (χ0n) is 10.8. The lowest BCUT2D eigenvalue weighted by atomic mass is 10.1. The second-order valence-corrected chi connectivity index (χ2v) is 5.22. The standard InChI is InChI=1S/C14H12BrNO4/c1-7-3-4-9(14(19)20)6-10(7)16-8(2)5-11(17)12(15)13(16)18/h3-6,17H,1-2H3,(H,19,20). The first kappa shape index (κ1) is 14.3. The van der Waals surface area contributed by atoms with Gasteiger partial charge >= 0.3 is 5.97 Å². The van der Waals surface area contributed by atoms with Crippen LogP contribution in [0.15, 0.2) is 33.5 Å². The Kier molecular flexibility index (Phi) is 3.67. The Morgan fingerprint density at radius 2 is 1.90 bits per heavy atom. The number of aromatic carboxylic acids is 1. The Hall–Kier alpha value is -2.08. The molecule has 1 aromatic carbocycles. The number of carboxylic acids is 1. The van der Waals surface area contributed by atoms with Gasteiger partial charge in [0, 0.05) is 11.8 Å². The van der Waals surface area contributed by atoms with Gasteiger partial charge in [0.15, 0.2) is 0 Å². The molecule has 0 saturated carbocycles. The normalized spacial score (nSPS) is 10.6. The maximum absolute atomic E-state index is 12.3. The highest BCUT2D eigenvalue weighted by atomic mass is 79.9. The van der Waals surface area contributed by atoms with Gasteiger partial charge < -0.3 is 10.2 Å². The third-order valence-electron chi connectivity index (χ3n) is 3.01. The molecule has 0 amide bonds. The number of hydrogen-bond donors (Lipinski definition) is 2. The lowest BCUT2D eigenvalue weighted by Gasteiger charge is -2.14. The Morgan fingerprint density at radius 1 is 1.25 bits per heavy atom. The number of nitrogens with zero attached hydrogens (tertiary/aromatic N) is 1. The summed E-state index contributed by atoms with van der Waals surface area (Å²) in [6.45, 7) is 3.45. The lowest BCUT2D eigenvalue weighted by molar-refractivity contribution is 0.0697. The van der Waals surface area contributed by atoms with Crippen LogP contribution in [-0.4, -0.2) is 20.7 Å². The average Bonchev–Trinajstić information content (AvgIpc) is 2.38. The van der Waals surface area contributed by atoms with E-state index < -0.39 is 11.5 Å². The van der Waals surface area contributed by atoms with E-state index in [4.69, 9.17) is 5.11 Å². The molecule has 2 aromatic rings. The van der Waals surface area contributed by atoms with Gasteiger partial charge in [-0.25, -0.2) is 4.79 Å². The Labute approximate surface area is 123 Å². The minimum absolute atomic E-state index is 0.0447. The van der Waals surface area contributed by atoms with Gasteiger partial charge in [0.05, 0.1) is 11.3 Å². The second kappa shape index (κ2) is 5.13. The van der Waals surface area contributed by atoms with Crippen molar-refractivity contribution in [3.63, 3.8) is 0 Å². The first-order valence-corrected chi connectivity index (χ1v) is 6.57. The Morgan fingerprint density at radius 3 is 2.50 bits per heavy atom. The summed E-state index contributed by atoms with van der Waals surface area (Å²) in [4.78, 5) is 23.3. The Balaban J connectivity index is 2.81. The molecule has 0 saturated heterocycles. The summed E-state index contributed by atoms with van der Waals surface area (Å²) in [5.74, 6) is -1.20. The second-order valence-electron chi connectivity index (χ2n) is 4.43. The van der Waals surface area contributed by atoms with Crippen molar-refractivity contribution >= 4 is 21.9 Å². The van der Waals surface area contributed by atoms with Crippen molar-refractivity contribution in [2.45, 2.75) is 13.8 Å². The van der Waals surface area contributed by atoms with E-state index in [2.05, 4.69) is 15.9 Å². The van der Waals surface area contributed by atoms with Crippen molar-refractivity contribution in [2.75, 3.05) is 0 Å². The third-order valence-corrected chi connectivity index (χ3v) is 3.76. The predicted octanol–water partition coefficient (Wildman–Crippen LogP) is 2.62. The molecule has 0 aliphatic carbocycles. The molecule has 2 rings (SSSR count). The molecule has 2 N–H and O–H groups in total. The fourth-order valence-corrected chi connectivity index (χ4v) is 2.27. The lowest BCUT2D eigenvalue weighted by Crippen LogP contribution is -2.22. The highest BCUT2D eigenvalue weighted by molar-refractivity contribution is 9.10. The molecule has 0 aliphatic heterocycles. The zero-order valence-corrected chi connectivity index (χ0v) is 12.4. The van der Waals surface area contributed by atoms with E-state index in [1.54, 1.807) is 19.9 Å². The van der Waals surface area contributed by atoms with Gasteiger partial charge in [-0.2, -0.15) is 0 Å². The van der Waals surface area contributed by atoms with Crippen LogP contribution >= 0.6 is 15.9 Å². The van der Waals surface area contributed by atoms with Gasteiger partial charge in [0.1, 0.15) is 10.2 Å². The van der Waals surface area contributed by atoms with E-state index in [9.17, 15) is 14.7 Å². The van der Waals surface area contributed by atoms with Crippen LogP contribution in [0, 0.1) is 13.8 Å². The smallest absolute Gasteiger partial charge is 0.335 e. The molecule has 1 aromatic heterocycles. The highest BCUT2D eigenvalue weighted by Crippen LogP contribution is 2.24. The maximum atomic E-state index is 12.3. The van der Waals surface area contributed by atoms with Gasteiger partial charge in [-0.3, -0.25) is 9.36 Å². The van der Waals surface area contributed by atoms with E-state index in [0.717, 1.165) is 5.56 Å². The van der Waals surface area contributed by atoms with Crippen LogP contribution in [0.5, 0.6) is 5.75 Å². The van der Waals surface area contributed by atoms with Crippen molar-refractivity contribution in [1.82, 2.24) is 4.57 Å². The van der Waals surface area contributed by atoms with Crippen molar-refractivity contribution in [3.05, 3.63) is 55.9 Å². The van der Waals surface area contributed by atoms with Gasteiger partial charge in [0.2, 0.25) is 0 Å². The number of carboxylic acid groups (broad SMARTS) is 1. The molecule has 0 atom stereocenters. The van der Waals surface area contributed by atoms with Crippen LogP contribution in [0.4, 0.5) is 0 Å². The van der Waals surface area contributed by atoms with Crippen LogP contribution in [0.3, 0.4) is 0 Å². The summed E-state index contributed by atoms with van der Waals surface area (Å²) < 4.78 is 1.41. The molecule has 0 radical (unpaired) electrons. The molecule has 0 spiro atoms. The summed E-state index contributed by atoms with van der Waals surface area (Å²) in [6, 6.07) is 6.01. The minimum Gasteiger partial charge on any atom is -0.506 e. The first-order valence-electron chi connectivity index (χ1n) is 5.78. The van der Waals surface area contributed by atoms with Crippen LogP contribution < -0.4 is 5.56 Å². The monoisotopic (exact) mass is 337 g/mol. The van der Waals surface area contributed by atoms with E-state index in [1.807, 2.05) is 0 Å². The number of pyridine rings is 1. The topological polar surface area (TPSA) is 79.5 Å². The fourth-order valence-electron chi connectivity index (χ4n) is 1.98. The van der Waals surface area contributed by atoms with Gasteiger partial charge in [0.25, 0.3) is 5.56 Å². The van der Waals surface area contributed by atoms with E-state index in [0.29, 0.717) is 11.4 Å². The number of hydrogen-bond acceptors (Lipinski definition) is 3. The van der Waals surface area contributed by atoms with E-state index in [1.165, 1.54) is 22.8 Å². The van der Waals surface area contributed by atoms with Crippen LogP contribution in [0.1, 0.15) is 21.6 Å². The van der Waals surface area contributed by atoms with Crippen molar-refractivity contribution < 1.29 is 15.0 Å². The van der Waals surface area contributed by atoms with Gasteiger partial charge in [-0.05, 0) is 47.5 Å². The molecule has 0 fully saturated rings.